The summed E-state index contributed by atoms with van der Waals surface area (Å²) >= 11 is 0. The summed E-state index contributed by atoms with van der Waals surface area (Å²) in [5.74, 6) is 1.56. The summed E-state index contributed by atoms with van der Waals surface area (Å²) in [7, 11) is 0. The van der Waals surface area contributed by atoms with Crippen molar-refractivity contribution in [2.24, 2.45) is 10.9 Å². The van der Waals surface area contributed by atoms with Crippen molar-refractivity contribution in [1.29, 1.82) is 0 Å². The summed E-state index contributed by atoms with van der Waals surface area (Å²) in [6, 6.07) is 0. The molecule has 0 unspecified atom stereocenters. The van der Waals surface area contributed by atoms with E-state index >= 15 is 0 Å². The molecule has 20 heavy (non-hydrogen) atoms. The lowest BCUT2D eigenvalue weighted by Gasteiger charge is -2.26. The van der Waals surface area contributed by atoms with Crippen molar-refractivity contribution < 1.29 is 4.79 Å². The molecule has 0 radical (unpaired) electrons. The van der Waals surface area contributed by atoms with Gasteiger partial charge in [0, 0.05) is 26.2 Å². The molecule has 1 aliphatic rings. The molecule has 0 saturated carbocycles. The number of hydrogen-bond donors (Lipinski definition) is 2. The number of carbonyl (C=O) groups is 1. The zero-order valence-corrected chi connectivity index (χ0v) is 13.2. The van der Waals surface area contributed by atoms with E-state index in [0.717, 1.165) is 51.4 Å². The molecular weight excluding hydrogens is 252 g/mol. The Hall–Kier alpha value is -1.26. The molecule has 0 aliphatic carbocycles. The molecule has 1 aliphatic heterocycles. The van der Waals surface area contributed by atoms with Gasteiger partial charge < -0.3 is 15.5 Å². The minimum absolute atomic E-state index is 0.144. The largest absolute Gasteiger partial charge is 0.357 e. The Morgan fingerprint density at radius 1 is 1.20 bits per heavy atom. The second kappa shape index (κ2) is 9.61. The number of rotatable bonds is 6. The minimum Gasteiger partial charge on any atom is -0.357 e. The number of piperidine rings is 1. The topological polar surface area (TPSA) is 56.7 Å². The van der Waals surface area contributed by atoms with Crippen LogP contribution in [-0.2, 0) is 4.79 Å². The van der Waals surface area contributed by atoms with E-state index in [0.29, 0.717) is 5.92 Å². The van der Waals surface area contributed by atoms with Gasteiger partial charge >= 0.3 is 0 Å². The van der Waals surface area contributed by atoms with Crippen molar-refractivity contribution in [3.8, 4) is 0 Å². The molecule has 1 amide bonds. The van der Waals surface area contributed by atoms with Gasteiger partial charge in [-0.25, -0.2) is 4.99 Å². The smallest absolute Gasteiger partial charge is 0.244 e. The molecule has 5 nitrogen and oxygen atoms in total. The van der Waals surface area contributed by atoms with Gasteiger partial charge in [0.2, 0.25) is 5.91 Å². The monoisotopic (exact) mass is 282 g/mol. The molecule has 1 rings (SSSR count). The first kappa shape index (κ1) is 16.8. The second-order valence-corrected chi connectivity index (χ2v) is 5.75. The number of carbonyl (C=O) groups excluding carboxylic acids is 1. The maximum absolute atomic E-state index is 12.1. The first-order valence-corrected chi connectivity index (χ1v) is 7.93. The highest BCUT2D eigenvalue weighted by atomic mass is 16.2. The van der Waals surface area contributed by atoms with Crippen LogP contribution in [0.1, 0.15) is 46.5 Å². The first-order chi connectivity index (χ1) is 9.63. The summed E-state index contributed by atoms with van der Waals surface area (Å²) in [6.45, 7) is 10.2. The van der Waals surface area contributed by atoms with Crippen molar-refractivity contribution in [3.05, 3.63) is 0 Å². The molecule has 0 spiro atoms. The van der Waals surface area contributed by atoms with E-state index in [4.69, 9.17) is 0 Å². The standard InChI is InChI=1S/C15H30N4O/c1-4-16-15(17-9-8-13(2)3)18-12-14(20)19-10-6-5-7-11-19/h13H,4-12H2,1-3H3,(H2,16,17,18). The van der Waals surface area contributed by atoms with Crippen LogP contribution in [0.15, 0.2) is 4.99 Å². The van der Waals surface area contributed by atoms with Crippen LogP contribution in [0.4, 0.5) is 0 Å². The normalized spacial score (nSPS) is 16.4. The number of amides is 1. The van der Waals surface area contributed by atoms with Gasteiger partial charge in [-0.15, -0.1) is 0 Å². The molecule has 0 bridgehead atoms. The highest BCUT2D eigenvalue weighted by molar-refractivity contribution is 5.84. The molecule has 5 heteroatoms. The molecule has 1 heterocycles. The van der Waals surface area contributed by atoms with Gasteiger partial charge in [0.25, 0.3) is 0 Å². The Morgan fingerprint density at radius 3 is 2.50 bits per heavy atom. The molecule has 1 saturated heterocycles. The lowest BCUT2D eigenvalue weighted by atomic mass is 10.1. The van der Waals surface area contributed by atoms with Crippen molar-refractivity contribution in [2.45, 2.75) is 46.5 Å². The molecule has 0 aromatic heterocycles. The summed E-state index contributed by atoms with van der Waals surface area (Å²) < 4.78 is 0. The van der Waals surface area contributed by atoms with Crippen LogP contribution in [0, 0.1) is 5.92 Å². The average Bonchev–Trinajstić information content (AvgIpc) is 2.45. The number of nitrogens with one attached hydrogen (secondary N) is 2. The quantitative estimate of drug-likeness (QED) is 0.575. The summed E-state index contributed by atoms with van der Waals surface area (Å²) in [4.78, 5) is 18.4. The van der Waals surface area contributed by atoms with Crippen molar-refractivity contribution in [1.82, 2.24) is 15.5 Å². The Labute approximate surface area is 123 Å². The van der Waals surface area contributed by atoms with Crippen molar-refractivity contribution >= 4 is 11.9 Å². The number of nitrogens with zero attached hydrogens (tertiary/aromatic N) is 2. The third kappa shape index (κ3) is 6.78. The zero-order valence-electron chi connectivity index (χ0n) is 13.2. The number of likely N-dealkylation sites (tertiary alicyclic amines) is 1. The van der Waals surface area contributed by atoms with Crippen LogP contribution in [-0.4, -0.2) is 49.5 Å². The van der Waals surface area contributed by atoms with Crippen LogP contribution in [0.25, 0.3) is 0 Å². The second-order valence-electron chi connectivity index (χ2n) is 5.75. The van der Waals surface area contributed by atoms with E-state index in [1.807, 2.05) is 11.8 Å². The predicted octanol–water partition coefficient (Wildman–Crippen LogP) is 1.60. The fourth-order valence-corrected chi connectivity index (χ4v) is 2.21. The number of guanidine groups is 1. The Bertz CT molecular complexity index is 309. The van der Waals surface area contributed by atoms with Gasteiger partial charge in [0.15, 0.2) is 5.96 Å². The van der Waals surface area contributed by atoms with Gasteiger partial charge in [0.1, 0.15) is 6.54 Å². The van der Waals surface area contributed by atoms with Gasteiger partial charge in [-0.1, -0.05) is 13.8 Å². The van der Waals surface area contributed by atoms with Gasteiger partial charge in [0.05, 0.1) is 0 Å². The Kier molecular flexibility index (Phi) is 8.07. The van der Waals surface area contributed by atoms with E-state index in [-0.39, 0.29) is 12.5 Å². The maximum atomic E-state index is 12.1. The predicted molar refractivity (Wildman–Crippen MR) is 83.9 cm³/mol. The molecular formula is C15H30N4O. The molecule has 0 aromatic rings. The number of aliphatic imine (C=N–C) groups is 1. The lowest BCUT2D eigenvalue weighted by molar-refractivity contribution is -0.130. The van der Waals surface area contributed by atoms with Crippen molar-refractivity contribution in [2.75, 3.05) is 32.7 Å². The zero-order chi connectivity index (χ0) is 14.8. The van der Waals surface area contributed by atoms with E-state index in [2.05, 4.69) is 29.5 Å². The lowest BCUT2D eigenvalue weighted by Crippen LogP contribution is -2.40. The maximum Gasteiger partial charge on any atom is 0.244 e. The van der Waals surface area contributed by atoms with Crippen LogP contribution in [0.3, 0.4) is 0 Å². The van der Waals surface area contributed by atoms with Crippen molar-refractivity contribution in [3.63, 3.8) is 0 Å². The third-order valence-electron chi connectivity index (χ3n) is 3.44. The fraction of sp³-hybridized carbons (Fsp3) is 0.867. The molecule has 2 N–H and O–H groups in total. The molecule has 0 aromatic carbocycles. The van der Waals surface area contributed by atoms with Crippen LogP contribution < -0.4 is 10.6 Å². The molecule has 116 valence electrons. The average molecular weight is 282 g/mol. The molecule has 1 fully saturated rings. The van der Waals surface area contributed by atoms with E-state index in [9.17, 15) is 4.79 Å². The summed E-state index contributed by atoms with van der Waals surface area (Å²) in [5, 5.41) is 6.46. The third-order valence-corrected chi connectivity index (χ3v) is 3.44. The Morgan fingerprint density at radius 2 is 1.90 bits per heavy atom. The number of hydrogen-bond acceptors (Lipinski definition) is 2. The van der Waals surface area contributed by atoms with E-state index < -0.39 is 0 Å². The fourth-order valence-electron chi connectivity index (χ4n) is 2.21. The highest BCUT2D eigenvalue weighted by Crippen LogP contribution is 2.08. The minimum atomic E-state index is 0.144. The molecule has 0 atom stereocenters. The summed E-state index contributed by atoms with van der Waals surface area (Å²) in [5.41, 5.74) is 0. The van der Waals surface area contributed by atoms with Gasteiger partial charge in [-0.3, -0.25) is 4.79 Å². The SMILES string of the molecule is CCNC(=NCC(=O)N1CCCCC1)NCCC(C)C. The van der Waals surface area contributed by atoms with Gasteiger partial charge in [-0.05, 0) is 38.5 Å². The van der Waals surface area contributed by atoms with Crippen LogP contribution in [0.5, 0.6) is 0 Å². The van der Waals surface area contributed by atoms with Gasteiger partial charge in [-0.2, -0.15) is 0 Å². The van der Waals surface area contributed by atoms with E-state index in [1.165, 1.54) is 6.42 Å². The van der Waals surface area contributed by atoms with Crippen LogP contribution >= 0.6 is 0 Å². The van der Waals surface area contributed by atoms with E-state index in [1.54, 1.807) is 0 Å². The highest BCUT2D eigenvalue weighted by Gasteiger charge is 2.15. The van der Waals surface area contributed by atoms with Crippen LogP contribution in [0.2, 0.25) is 0 Å². The Balaban J connectivity index is 2.38. The summed E-state index contributed by atoms with van der Waals surface area (Å²) in [6.07, 6.45) is 4.60. The first-order valence-electron chi connectivity index (χ1n) is 7.93.